The molecule has 0 aliphatic carbocycles. The Morgan fingerprint density at radius 3 is 2.24 bits per heavy atom. The summed E-state index contributed by atoms with van der Waals surface area (Å²) in [7, 11) is 2.05. The standard InChI is InChI=1S/C23H17BrF3N3O4/c1-33-21(31)18-17(12-6-4-3-5-7-12)14(11-28)20(29)30(19(18)22(32)34-2)16-10-13(24)8-9-15(16)23(25,26)27/h3-10,17H,29H2,1-2H3. The van der Waals surface area contributed by atoms with Gasteiger partial charge in [0, 0.05) is 4.47 Å². The Hall–Kier alpha value is -3.78. The number of halogens is 4. The van der Waals surface area contributed by atoms with Crippen LogP contribution in [0, 0.1) is 11.3 Å². The fourth-order valence-electron chi connectivity index (χ4n) is 3.69. The minimum atomic E-state index is -4.86. The van der Waals surface area contributed by atoms with Gasteiger partial charge in [-0.1, -0.05) is 46.3 Å². The molecule has 3 rings (SSSR count). The van der Waals surface area contributed by atoms with Gasteiger partial charge in [0.2, 0.25) is 0 Å². The number of nitriles is 1. The highest BCUT2D eigenvalue weighted by atomic mass is 79.9. The molecule has 1 atom stereocenters. The summed E-state index contributed by atoms with van der Waals surface area (Å²) in [6, 6.07) is 13.0. The van der Waals surface area contributed by atoms with Gasteiger partial charge in [0.05, 0.1) is 48.6 Å². The zero-order valence-corrected chi connectivity index (χ0v) is 19.4. The molecule has 0 bridgehead atoms. The first-order chi connectivity index (χ1) is 16.1. The van der Waals surface area contributed by atoms with Crippen LogP contribution in [0.1, 0.15) is 17.0 Å². The van der Waals surface area contributed by atoms with Crippen molar-refractivity contribution in [2.45, 2.75) is 12.1 Å². The molecule has 0 fully saturated rings. The van der Waals surface area contributed by atoms with Crippen LogP contribution in [-0.4, -0.2) is 26.2 Å². The molecule has 0 radical (unpaired) electrons. The van der Waals surface area contributed by atoms with E-state index in [0.29, 0.717) is 10.5 Å². The molecule has 1 aliphatic rings. The van der Waals surface area contributed by atoms with Crippen molar-refractivity contribution in [3.05, 3.63) is 86.8 Å². The molecule has 11 heteroatoms. The summed E-state index contributed by atoms with van der Waals surface area (Å²) in [5, 5.41) is 9.96. The molecule has 1 heterocycles. The number of rotatable bonds is 4. The Morgan fingerprint density at radius 2 is 1.71 bits per heavy atom. The van der Waals surface area contributed by atoms with Gasteiger partial charge in [-0.05, 0) is 23.8 Å². The molecule has 0 saturated heterocycles. The molecule has 2 aromatic carbocycles. The number of carbonyl (C=O) groups is 2. The van der Waals surface area contributed by atoms with Gasteiger partial charge < -0.3 is 15.2 Å². The predicted octanol–water partition coefficient (Wildman–Crippen LogP) is 4.37. The lowest BCUT2D eigenvalue weighted by atomic mass is 9.80. The smallest absolute Gasteiger partial charge is 0.418 e. The Balaban J connectivity index is 2.50. The van der Waals surface area contributed by atoms with E-state index < -0.39 is 46.8 Å². The van der Waals surface area contributed by atoms with Gasteiger partial charge >= 0.3 is 18.1 Å². The number of nitrogens with two attached hydrogens (primary N) is 1. The number of nitrogens with zero attached hydrogens (tertiary/aromatic N) is 2. The van der Waals surface area contributed by atoms with Crippen LogP contribution in [0.2, 0.25) is 0 Å². The topological polar surface area (TPSA) is 106 Å². The highest BCUT2D eigenvalue weighted by Crippen LogP contribution is 2.46. The highest BCUT2D eigenvalue weighted by Gasteiger charge is 2.45. The lowest BCUT2D eigenvalue weighted by Gasteiger charge is -2.37. The first kappa shape index (κ1) is 24.9. The van der Waals surface area contributed by atoms with Crippen LogP contribution >= 0.6 is 15.9 Å². The number of alkyl halides is 3. The molecule has 1 unspecified atom stereocenters. The molecule has 0 saturated carbocycles. The Kier molecular flexibility index (Phi) is 7.02. The van der Waals surface area contributed by atoms with Crippen molar-refractivity contribution in [1.82, 2.24) is 0 Å². The van der Waals surface area contributed by atoms with Crippen molar-refractivity contribution in [2.24, 2.45) is 5.73 Å². The number of carbonyl (C=O) groups excluding carboxylic acids is 2. The van der Waals surface area contributed by atoms with Crippen molar-refractivity contribution in [2.75, 3.05) is 19.1 Å². The molecule has 1 aliphatic heterocycles. The molecule has 0 aromatic heterocycles. The SMILES string of the molecule is COC(=O)C1=C(C(=O)OC)N(c2cc(Br)ccc2C(F)(F)F)C(N)=C(C#N)C1c1ccccc1. The van der Waals surface area contributed by atoms with Crippen molar-refractivity contribution in [3.63, 3.8) is 0 Å². The van der Waals surface area contributed by atoms with E-state index >= 15 is 0 Å². The van der Waals surface area contributed by atoms with Crippen molar-refractivity contribution in [1.29, 1.82) is 5.26 Å². The van der Waals surface area contributed by atoms with E-state index in [9.17, 15) is 28.0 Å². The largest absolute Gasteiger partial charge is 0.466 e. The van der Waals surface area contributed by atoms with E-state index in [1.165, 1.54) is 0 Å². The first-order valence-electron chi connectivity index (χ1n) is 9.59. The number of hydrogen-bond acceptors (Lipinski definition) is 7. The van der Waals surface area contributed by atoms with Gasteiger partial charge in [0.1, 0.15) is 11.5 Å². The lowest BCUT2D eigenvalue weighted by Crippen LogP contribution is -2.41. The normalized spacial score (nSPS) is 16.3. The van der Waals surface area contributed by atoms with Gasteiger partial charge in [-0.15, -0.1) is 0 Å². The number of ether oxygens (including phenoxy) is 2. The maximum absolute atomic E-state index is 13.9. The fourth-order valence-corrected chi connectivity index (χ4v) is 4.04. The summed E-state index contributed by atoms with van der Waals surface area (Å²) < 4.78 is 51.7. The molecule has 2 aromatic rings. The van der Waals surface area contributed by atoms with Gasteiger partial charge in [-0.25, -0.2) is 9.59 Å². The van der Waals surface area contributed by atoms with Gasteiger partial charge in [0.25, 0.3) is 0 Å². The number of allylic oxidation sites excluding steroid dienone is 1. The maximum Gasteiger partial charge on any atom is 0.418 e. The predicted molar refractivity (Wildman–Crippen MR) is 119 cm³/mol. The second-order valence-corrected chi connectivity index (χ2v) is 7.91. The zero-order valence-electron chi connectivity index (χ0n) is 17.8. The Labute approximate surface area is 201 Å². The number of esters is 2. The molecule has 7 nitrogen and oxygen atoms in total. The Bertz CT molecular complexity index is 1250. The first-order valence-corrected chi connectivity index (χ1v) is 10.4. The van der Waals surface area contributed by atoms with Crippen LogP contribution in [0.25, 0.3) is 0 Å². The number of hydrogen-bond donors (Lipinski definition) is 1. The third-order valence-corrected chi connectivity index (χ3v) is 5.61. The molecule has 176 valence electrons. The highest BCUT2D eigenvalue weighted by molar-refractivity contribution is 9.10. The van der Waals surface area contributed by atoms with E-state index in [0.717, 1.165) is 32.4 Å². The lowest BCUT2D eigenvalue weighted by molar-refractivity contribution is -0.139. The van der Waals surface area contributed by atoms with Gasteiger partial charge in [-0.2, -0.15) is 18.4 Å². The molecule has 0 amide bonds. The third-order valence-electron chi connectivity index (χ3n) is 5.12. The summed E-state index contributed by atoms with van der Waals surface area (Å²) in [4.78, 5) is 26.6. The van der Waals surface area contributed by atoms with Crippen LogP contribution < -0.4 is 10.6 Å². The molecular weight excluding hydrogens is 519 g/mol. The van der Waals surface area contributed by atoms with Crippen LogP contribution in [0.4, 0.5) is 18.9 Å². The van der Waals surface area contributed by atoms with Crippen molar-refractivity contribution in [3.8, 4) is 6.07 Å². The van der Waals surface area contributed by atoms with Crippen molar-refractivity contribution < 1.29 is 32.2 Å². The minimum absolute atomic E-state index is 0.232. The minimum Gasteiger partial charge on any atom is -0.466 e. The van der Waals surface area contributed by atoms with E-state index in [1.807, 2.05) is 6.07 Å². The van der Waals surface area contributed by atoms with E-state index in [-0.39, 0.29) is 15.6 Å². The van der Waals surface area contributed by atoms with E-state index in [2.05, 4.69) is 15.9 Å². The summed E-state index contributed by atoms with van der Waals surface area (Å²) in [6.45, 7) is 0. The zero-order chi connectivity index (χ0) is 25.2. The average Bonchev–Trinajstić information content (AvgIpc) is 2.81. The van der Waals surface area contributed by atoms with Crippen LogP contribution in [-0.2, 0) is 25.2 Å². The molecule has 0 spiro atoms. The summed E-state index contributed by atoms with van der Waals surface area (Å²) in [6.07, 6.45) is -4.86. The second-order valence-electron chi connectivity index (χ2n) is 6.99. The summed E-state index contributed by atoms with van der Waals surface area (Å²) in [5.41, 5.74) is 3.68. The van der Waals surface area contributed by atoms with Crippen LogP contribution in [0.5, 0.6) is 0 Å². The maximum atomic E-state index is 13.9. The van der Waals surface area contributed by atoms with E-state index in [4.69, 9.17) is 15.2 Å². The molecule has 2 N–H and O–H groups in total. The molecular formula is C23H17BrF3N3O4. The molecule has 34 heavy (non-hydrogen) atoms. The van der Waals surface area contributed by atoms with Gasteiger partial charge in [0.15, 0.2) is 0 Å². The number of benzene rings is 2. The third kappa shape index (κ3) is 4.36. The Morgan fingerprint density at radius 1 is 1.09 bits per heavy atom. The monoisotopic (exact) mass is 535 g/mol. The number of methoxy groups -OCH3 is 2. The fraction of sp³-hybridized carbons (Fsp3) is 0.174. The quantitative estimate of drug-likeness (QED) is 0.579. The summed E-state index contributed by atoms with van der Waals surface area (Å²) in [5.74, 6) is -3.84. The average molecular weight is 536 g/mol. The van der Waals surface area contributed by atoms with Crippen molar-refractivity contribution >= 4 is 33.6 Å². The van der Waals surface area contributed by atoms with Crippen LogP contribution in [0.15, 0.2) is 75.7 Å². The van der Waals surface area contributed by atoms with Gasteiger partial charge in [-0.3, -0.25) is 4.90 Å². The second kappa shape index (κ2) is 9.61. The van der Waals surface area contributed by atoms with Crippen LogP contribution in [0.3, 0.4) is 0 Å². The summed E-state index contributed by atoms with van der Waals surface area (Å²) >= 11 is 3.12. The van der Waals surface area contributed by atoms with E-state index in [1.54, 1.807) is 30.3 Å². The number of anilines is 1.